The van der Waals surface area contributed by atoms with Crippen molar-refractivity contribution in [1.82, 2.24) is 4.90 Å². The van der Waals surface area contributed by atoms with Gasteiger partial charge >= 0.3 is 0 Å². The van der Waals surface area contributed by atoms with Crippen LogP contribution in [0.25, 0.3) is 0 Å². The lowest BCUT2D eigenvalue weighted by Crippen LogP contribution is -2.36. The Kier molecular flexibility index (Phi) is 4.84. The highest BCUT2D eigenvalue weighted by Crippen LogP contribution is 1.94. The van der Waals surface area contributed by atoms with Gasteiger partial charge in [0.05, 0.1) is 19.8 Å². The molecule has 3 nitrogen and oxygen atoms in total. The first-order valence-electron chi connectivity index (χ1n) is 4.79. The Hall–Kier alpha value is -0.560. The van der Waals surface area contributed by atoms with Crippen molar-refractivity contribution in [2.75, 3.05) is 32.8 Å². The maximum atomic E-state index is 9.17. The number of morpholine rings is 1. The Balaban J connectivity index is 2.18. The molecule has 0 amide bonds. The minimum Gasteiger partial charge on any atom is -0.380 e. The molecule has 0 spiro atoms. The Bertz CT molecular complexity index is 189. The average molecular weight is 183 g/mol. The van der Waals surface area contributed by atoms with Crippen LogP contribution in [-0.2, 0) is 4.74 Å². The summed E-state index contributed by atoms with van der Waals surface area (Å²) in [6.07, 6.45) is 0.247. The Morgan fingerprint density at radius 3 is 2.77 bits per heavy atom. The summed E-state index contributed by atoms with van der Waals surface area (Å²) in [5, 5.41) is 9.17. The number of aliphatic hydroxyl groups is 1. The molecule has 0 saturated carbocycles. The lowest BCUT2D eigenvalue weighted by Gasteiger charge is -2.24. The monoisotopic (exact) mass is 183 g/mol. The second-order valence-electron chi connectivity index (χ2n) is 3.13. The zero-order valence-electron chi connectivity index (χ0n) is 8.12. The van der Waals surface area contributed by atoms with E-state index in [1.807, 2.05) is 6.92 Å². The van der Waals surface area contributed by atoms with E-state index in [4.69, 9.17) is 4.74 Å². The predicted octanol–water partition coefficient (Wildman–Crippen LogP) is 0.0929. The van der Waals surface area contributed by atoms with Crippen LogP contribution >= 0.6 is 0 Å². The van der Waals surface area contributed by atoms with Gasteiger partial charge in [-0.1, -0.05) is 18.8 Å². The van der Waals surface area contributed by atoms with Gasteiger partial charge in [-0.05, 0) is 6.42 Å². The maximum Gasteiger partial charge on any atom is 0.114 e. The number of ether oxygens (including phenoxy) is 1. The smallest absolute Gasteiger partial charge is 0.114 e. The molecule has 13 heavy (non-hydrogen) atoms. The van der Waals surface area contributed by atoms with Gasteiger partial charge in [0.1, 0.15) is 6.10 Å². The van der Waals surface area contributed by atoms with Crippen molar-refractivity contribution in [1.29, 1.82) is 0 Å². The Morgan fingerprint density at radius 1 is 1.46 bits per heavy atom. The first-order chi connectivity index (χ1) is 6.33. The molecule has 1 N–H and O–H groups in total. The second kappa shape index (κ2) is 5.98. The van der Waals surface area contributed by atoms with Crippen LogP contribution in [-0.4, -0.2) is 49.0 Å². The summed E-state index contributed by atoms with van der Waals surface area (Å²) in [6, 6.07) is 0. The zero-order valence-corrected chi connectivity index (χ0v) is 8.12. The van der Waals surface area contributed by atoms with Gasteiger partial charge in [0.2, 0.25) is 0 Å². The van der Waals surface area contributed by atoms with E-state index in [0.29, 0.717) is 6.42 Å². The minimum absolute atomic E-state index is 0.457. The van der Waals surface area contributed by atoms with Crippen LogP contribution in [0.4, 0.5) is 0 Å². The molecule has 1 aliphatic heterocycles. The molecule has 3 heteroatoms. The summed E-state index contributed by atoms with van der Waals surface area (Å²) in [4.78, 5) is 2.24. The molecule has 0 aromatic rings. The van der Waals surface area contributed by atoms with E-state index in [-0.39, 0.29) is 0 Å². The third-order valence-corrected chi connectivity index (χ3v) is 2.06. The van der Waals surface area contributed by atoms with E-state index >= 15 is 0 Å². The molecule has 1 aliphatic rings. The van der Waals surface area contributed by atoms with Crippen LogP contribution in [0.5, 0.6) is 0 Å². The third-order valence-electron chi connectivity index (χ3n) is 2.06. The van der Waals surface area contributed by atoms with Gasteiger partial charge < -0.3 is 9.84 Å². The van der Waals surface area contributed by atoms with Gasteiger partial charge in [-0.25, -0.2) is 0 Å². The molecule has 0 radical (unpaired) electrons. The fourth-order valence-electron chi connectivity index (χ4n) is 1.14. The van der Waals surface area contributed by atoms with Crippen molar-refractivity contribution in [3.8, 4) is 11.8 Å². The van der Waals surface area contributed by atoms with Crippen LogP contribution in [0.15, 0.2) is 0 Å². The standard InChI is InChI=1S/C10H17NO2/c1-2-10(12)4-3-5-11-6-8-13-9-7-11/h10,12H,2,5-9H2,1H3/t10-/m1/s1. The molecule has 1 atom stereocenters. The maximum absolute atomic E-state index is 9.17. The van der Waals surface area contributed by atoms with Crippen LogP contribution in [0.1, 0.15) is 13.3 Å². The first-order valence-corrected chi connectivity index (χ1v) is 4.79. The summed E-state index contributed by atoms with van der Waals surface area (Å²) >= 11 is 0. The van der Waals surface area contributed by atoms with E-state index in [1.165, 1.54) is 0 Å². The highest BCUT2D eigenvalue weighted by molar-refractivity contribution is 5.05. The molecule has 0 aromatic heterocycles. The third kappa shape index (κ3) is 4.28. The Morgan fingerprint density at radius 2 is 2.15 bits per heavy atom. The van der Waals surface area contributed by atoms with Crippen LogP contribution in [0, 0.1) is 11.8 Å². The van der Waals surface area contributed by atoms with E-state index in [1.54, 1.807) is 0 Å². The zero-order chi connectivity index (χ0) is 9.52. The van der Waals surface area contributed by atoms with E-state index in [9.17, 15) is 5.11 Å². The summed E-state index contributed by atoms with van der Waals surface area (Å²) in [6.45, 7) is 6.19. The number of nitrogens with zero attached hydrogens (tertiary/aromatic N) is 1. The molecular weight excluding hydrogens is 166 g/mol. The van der Waals surface area contributed by atoms with Gasteiger partial charge in [0.15, 0.2) is 0 Å². The second-order valence-corrected chi connectivity index (χ2v) is 3.13. The van der Waals surface area contributed by atoms with Crippen molar-refractivity contribution in [3.05, 3.63) is 0 Å². The van der Waals surface area contributed by atoms with Crippen molar-refractivity contribution in [2.45, 2.75) is 19.4 Å². The summed E-state index contributed by atoms with van der Waals surface area (Å²) < 4.78 is 5.21. The number of aliphatic hydroxyl groups excluding tert-OH is 1. The van der Waals surface area contributed by atoms with E-state index < -0.39 is 6.10 Å². The molecule has 1 saturated heterocycles. The normalized spacial score (nSPS) is 20.5. The molecule has 1 heterocycles. The van der Waals surface area contributed by atoms with Crippen LogP contribution in [0.2, 0.25) is 0 Å². The topological polar surface area (TPSA) is 32.7 Å². The Labute approximate surface area is 79.7 Å². The number of hydrogen-bond acceptors (Lipinski definition) is 3. The largest absolute Gasteiger partial charge is 0.380 e. The van der Waals surface area contributed by atoms with Gasteiger partial charge in [-0.3, -0.25) is 4.90 Å². The van der Waals surface area contributed by atoms with E-state index in [0.717, 1.165) is 32.8 Å². The molecule has 0 aromatic carbocycles. The quantitative estimate of drug-likeness (QED) is 0.616. The summed E-state index contributed by atoms with van der Waals surface area (Å²) in [5.41, 5.74) is 0. The van der Waals surface area contributed by atoms with Crippen LogP contribution in [0.3, 0.4) is 0 Å². The predicted molar refractivity (Wildman–Crippen MR) is 51.3 cm³/mol. The van der Waals surface area contributed by atoms with Crippen LogP contribution < -0.4 is 0 Å². The summed E-state index contributed by atoms with van der Waals surface area (Å²) in [7, 11) is 0. The molecule has 0 unspecified atom stereocenters. The average Bonchev–Trinajstić information content (AvgIpc) is 2.19. The van der Waals surface area contributed by atoms with E-state index in [2.05, 4.69) is 16.7 Å². The number of hydrogen-bond donors (Lipinski definition) is 1. The van der Waals surface area contributed by atoms with Crippen molar-refractivity contribution in [2.24, 2.45) is 0 Å². The minimum atomic E-state index is -0.457. The van der Waals surface area contributed by atoms with Gasteiger partial charge in [-0.15, -0.1) is 0 Å². The SMILES string of the molecule is CC[C@@H](O)C#CCN1CCOCC1. The molecule has 74 valence electrons. The van der Waals surface area contributed by atoms with Crippen molar-refractivity contribution in [3.63, 3.8) is 0 Å². The molecular formula is C10H17NO2. The molecule has 1 rings (SSSR count). The first kappa shape index (κ1) is 10.5. The van der Waals surface area contributed by atoms with Gasteiger partial charge in [0.25, 0.3) is 0 Å². The lowest BCUT2D eigenvalue weighted by molar-refractivity contribution is 0.0443. The number of rotatable bonds is 2. The van der Waals surface area contributed by atoms with Gasteiger partial charge in [0, 0.05) is 13.1 Å². The molecule has 0 bridgehead atoms. The van der Waals surface area contributed by atoms with Gasteiger partial charge in [-0.2, -0.15) is 0 Å². The molecule has 0 aliphatic carbocycles. The van der Waals surface area contributed by atoms with Crippen molar-refractivity contribution < 1.29 is 9.84 Å². The highest BCUT2D eigenvalue weighted by atomic mass is 16.5. The fraction of sp³-hybridized carbons (Fsp3) is 0.800. The summed E-state index contributed by atoms with van der Waals surface area (Å²) in [5.74, 6) is 5.78. The fourth-order valence-corrected chi connectivity index (χ4v) is 1.14. The molecule has 1 fully saturated rings. The van der Waals surface area contributed by atoms with Crippen molar-refractivity contribution >= 4 is 0 Å². The highest BCUT2D eigenvalue weighted by Gasteiger charge is 2.07. The lowest BCUT2D eigenvalue weighted by atomic mass is 10.3.